The molecular weight excluding hydrogens is 351 g/mol. The molecule has 1 heterocycles. The maximum Gasteiger partial charge on any atom is 0.357 e. The molecule has 2 rings (SSSR count). The Kier molecular flexibility index (Phi) is 6.63. The van der Waals surface area contributed by atoms with E-state index in [9.17, 15) is 9.18 Å². The average molecular weight is 367 g/mol. The van der Waals surface area contributed by atoms with Crippen molar-refractivity contribution in [1.82, 2.24) is 9.97 Å². The van der Waals surface area contributed by atoms with Gasteiger partial charge in [-0.05, 0) is 42.9 Å². The number of rotatable bonds is 6. The van der Waals surface area contributed by atoms with Crippen LogP contribution in [0.2, 0.25) is 5.02 Å². The number of hydrogen-bond donors (Lipinski definition) is 1. The maximum absolute atomic E-state index is 13.3. The van der Waals surface area contributed by atoms with E-state index in [4.69, 9.17) is 16.3 Å². The lowest BCUT2D eigenvalue weighted by molar-refractivity contribution is 0.0521. The van der Waals surface area contributed by atoms with Crippen LogP contribution in [0.3, 0.4) is 0 Å². The quantitative estimate of drug-likeness (QED) is 0.581. The van der Waals surface area contributed by atoms with Crippen molar-refractivity contribution >= 4 is 35.4 Å². The highest BCUT2D eigenvalue weighted by atomic mass is 35.5. The first-order valence-electron chi connectivity index (χ1n) is 7.15. The molecule has 4 nitrogen and oxygen atoms in total. The van der Waals surface area contributed by atoms with Crippen molar-refractivity contribution in [1.29, 1.82) is 0 Å². The molecule has 0 saturated heterocycles. The lowest BCUT2D eigenvalue weighted by atomic mass is 10.1. The van der Waals surface area contributed by atoms with E-state index in [0.717, 1.165) is 0 Å². The van der Waals surface area contributed by atoms with Gasteiger partial charge in [-0.3, -0.25) is 0 Å². The van der Waals surface area contributed by atoms with Gasteiger partial charge >= 0.3 is 5.97 Å². The number of esters is 1. The first kappa shape index (κ1) is 18.3. The van der Waals surface area contributed by atoms with Crippen LogP contribution in [-0.2, 0) is 4.74 Å². The standard InChI is InChI=1S/C17H16ClFN2O2S/c1-3-23-17(22)16-15(12-8-7-11(19)10-13(12)18)20-14(21-16)6-4-5-9-24-2/h4-10H,3H2,1-2H3,(H,20,21)/b6-4+,9-5-. The van der Waals surface area contributed by atoms with Gasteiger partial charge in [0, 0.05) is 5.56 Å². The molecule has 7 heteroatoms. The van der Waals surface area contributed by atoms with Gasteiger partial charge < -0.3 is 9.72 Å². The summed E-state index contributed by atoms with van der Waals surface area (Å²) in [7, 11) is 0. The Morgan fingerprint density at radius 2 is 2.25 bits per heavy atom. The van der Waals surface area contributed by atoms with Crippen LogP contribution >= 0.6 is 23.4 Å². The summed E-state index contributed by atoms with van der Waals surface area (Å²) in [4.78, 5) is 19.5. The number of H-pyrrole nitrogens is 1. The monoisotopic (exact) mass is 366 g/mol. The molecule has 0 bridgehead atoms. The number of carbonyl (C=O) groups excluding carboxylic acids is 1. The molecule has 0 fully saturated rings. The second kappa shape index (κ2) is 8.70. The topological polar surface area (TPSA) is 55.0 Å². The summed E-state index contributed by atoms with van der Waals surface area (Å²) in [5, 5.41) is 2.08. The third-order valence-electron chi connectivity index (χ3n) is 2.97. The van der Waals surface area contributed by atoms with E-state index < -0.39 is 11.8 Å². The maximum atomic E-state index is 13.3. The van der Waals surface area contributed by atoms with Crippen LogP contribution in [0, 0.1) is 5.82 Å². The minimum Gasteiger partial charge on any atom is -0.461 e. The van der Waals surface area contributed by atoms with Crippen molar-refractivity contribution in [3.05, 3.63) is 58.1 Å². The summed E-state index contributed by atoms with van der Waals surface area (Å²) in [6, 6.07) is 3.93. The summed E-state index contributed by atoms with van der Waals surface area (Å²) in [6.07, 6.45) is 7.31. The van der Waals surface area contributed by atoms with Crippen molar-refractivity contribution in [2.75, 3.05) is 12.9 Å². The van der Waals surface area contributed by atoms with Gasteiger partial charge in [-0.25, -0.2) is 14.2 Å². The Morgan fingerprint density at radius 1 is 1.46 bits per heavy atom. The predicted octanol–water partition coefficient (Wildman–Crippen LogP) is 4.94. The molecule has 0 saturated carbocycles. The molecular formula is C17H16ClFN2O2S. The number of thioether (sulfide) groups is 1. The van der Waals surface area contributed by atoms with E-state index >= 15 is 0 Å². The molecule has 2 aromatic rings. The highest BCUT2D eigenvalue weighted by Gasteiger charge is 2.21. The molecule has 0 aliphatic carbocycles. The fourth-order valence-corrected chi connectivity index (χ4v) is 2.47. The Labute approximate surface area is 148 Å². The Balaban J connectivity index is 2.47. The molecule has 1 N–H and O–H groups in total. The van der Waals surface area contributed by atoms with E-state index in [-0.39, 0.29) is 17.3 Å². The molecule has 0 aliphatic rings. The molecule has 1 aromatic carbocycles. The summed E-state index contributed by atoms with van der Waals surface area (Å²) in [5.74, 6) is -0.529. The predicted molar refractivity (Wildman–Crippen MR) is 96.6 cm³/mol. The lowest BCUT2D eigenvalue weighted by Crippen LogP contribution is -2.06. The van der Waals surface area contributed by atoms with Gasteiger partial charge in [-0.2, -0.15) is 0 Å². The van der Waals surface area contributed by atoms with E-state index in [1.54, 1.807) is 30.8 Å². The Hall–Kier alpha value is -2.05. The zero-order valence-corrected chi connectivity index (χ0v) is 14.7. The van der Waals surface area contributed by atoms with Crippen LogP contribution in [0.15, 0.2) is 35.8 Å². The van der Waals surface area contributed by atoms with Gasteiger partial charge in [0.2, 0.25) is 0 Å². The fraction of sp³-hybridized carbons (Fsp3) is 0.176. The van der Waals surface area contributed by atoms with E-state index in [2.05, 4.69) is 9.97 Å². The third kappa shape index (κ3) is 4.49. The lowest BCUT2D eigenvalue weighted by Gasteiger charge is -2.04. The molecule has 0 radical (unpaired) electrons. The number of aromatic amines is 1. The van der Waals surface area contributed by atoms with Crippen molar-refractivity contribution < 1.29 is 13.9 Å². The summed E-state index contributed by atoms with van der Waals surface area (Å²) < 4.78 is 18.3. The second-order valence-corrected chi connectivity index (χ2v) is 5.76. The number of nitrogens with one attached hydrogen (secondary N) is 1. The van der Waals surface area contributed by atoms with E-state index in [0.29, 0.717) is 17.1 Å². The van der Waals surface area contributed by atoms with E-state index in [1.807, 2.05) is 17.7 Å². The molecule has 0 aliphatic heterocycles. The van der Waals surface area contributed by atoms with Crippen molar-refractivity contribution in [3.63, 3.8) is 0 Å². The Bertz CT molecular complexity index is 787. The smallest absolute Gasteiger partial charge is 0.357 e. The van der Waals surface area contributed by atoms with Crippen molar-refractivity contribution in [3.8, 4) is 11.3 Å². The number of nitrogens with zero attached hydrogens (tertiary/aromatic N) is 1. The highest BCUT2D eigenvalue weighted by Crippen LogP contribution is 2.30. The number of carbonyl (C=O) groups is 1. The minimum absolute atomic E-state index is 0.171. The SMILES string of the molecule is CCOC(=O)c1[nH]c(/C=C/C=C\SC)nc1-c1ccc(F)cc1Cl. The van der Waals surface area contributed by atoms with Crippen LogP contribution < -0.4 is 0 Å². The molecule has 0 unspecified atom stereocenters. The van der Waals surface area contributed by atoms with Gasteiger partial charge in [0.25, 0.3) is 0 Å². The van der Waals surface area contributed by atoms with Gasteiger partial charge in [-0.1, -0.05) is 23.8 Å². The number of ether oxygens (including phenoxy) is 1. The molecule has 0 spiro atoms. The average Bonchev–Trinajstić information content (AvgIpc) is 2.96. The number of benzene rings is 1. The normalized spacial score (nSPS) is 11.5. The number of aromatic nitrogens is 2. The van der Waals surface area contributed by atoms with Crippen LogP contribution in [0.4, 0.5) is 4.39 Å². The Morgan fingerprint density at radius 3 is 2.92 bits per heavy atom. The zero-order valence-electron chi connectivity index (χ0n) is 13.2. The van der Waals surface area contributed by atoms with Crippen LogP contribution in [0.25, 0.3) is 17.3 Å². The zero-order chi connectivity index (χ0) is 17.5. The molecule has 126 valence electrons. The number of hydrogen-bond acceptors (Lipinski definition) is 4. The first-order valence-corrected chi connectivity index (χ1v) is 8.82. The summed E-state index contributed by atoms with van der Waals surface area (Å²) in [5.41, 5.74) is 0.961. The highest BCUT2D eigenvalue weighted by molar-refractivity contribution is 8.01. The van der Waals surface area contributed by atoms with Gasteiger partial charge in [0.15, 0.2) is 5.69 Å². The first-order chi connectivity index (χ1) is 11.6. The largest absolute Gasteiger partial charge is 0.461 e. The molecule has 1 aromatic heterocycles. The van der Waals surface area contributed by atoms with Crippen LogP contribution in [0.5, 0.6) is 0 Å². The molecule has 0 amide bonds. The van der Waals surface area contributed by atoms with Crippen LogP contribution in [0.1, 0.15) is 23.2 Å². The van der Waals surface area contributed by atoms with Crippen molar-refractivity contribution in [2.45, 2.75) is 6.92 Å². The van der Waals surface area contributed by atoms with Crippen molar-refractivity contribution in [2.24, 2.45) is 0 Å². The summed E-state index contributed by atoms with van der Waals surface area (Å²) >= 11 is 7.66. The second-order valence-electron chi connectivity index (χ2n) is 4.61. The number of halogens is 2. The minimum atomic E-state index is -0.542. The van der Waals surface area contributed by atoms with E-state index in [1.165, 1.54) is 18.2 Å². The number of imidazole rings is 1. The fourth-order valence-electron chi connectivity index (χ4n) is 1.97. The number of allylic oxidation sites excluding steroid dienone is 2. The summed E-state index contributed by atoms with van der Waals surface area (Å²) in [6.45, 7) is 1.95. The van der Waals surface area contributed by atoms with Gasteiger partial charge in [-0.15, -0.1) is 11.8 Å². The molecule has 0 atom stereocenters. The third-order valence-corrected chi connectivity index (χ3v) is 3.71. The van der Waals surface area contributed by atoms with Gasteiger partial charge in [0.1, 0.15) is 17.3 Å². The van der Waals surface area contributed by atoms with Crippen LogP contribution in [-0.4, -0.2) is 28.8 Å². The van der Waals surface area contributed by atoms with Gasteiger partial charge in [0.05, 0.1) is 11.6 Å². The molecule has 24 heavy (non-hydrogen) atoms.